The molecular weight excluding hydrogens is 304 g/mol. The molecule has 0 radical (unpaired) electrons. The molecule has 3 atom stereocenters. The quantitative estimate of drug-likeness (QED) is 0.862. The molecule has 0 aromatic carbocycles. The number of rotatable bonds is 4. The van der Waals surface area contributed by atoms with E-state index in [1.54, 1.807) is 31.7 Å². The van der Waals surface area contributed by atoms with Crippen molar-refractivity contribution in [1.82, 2.24) is 9.78 Å². The molecule has 1 aliphatic rings. The number of hydrogen-bond donors (Lipinski definition) is 1. The second-order valence-corrected chi connectivity index (χ2v) is 6.49. The fourth-order valence-corrected chi connectivity index (χ4v) is 3.38. The summed E-state index contributed by atoms with van der Waals surface area (Å²) in [6.07, 6.45) is 1.88. The lowest BCUT2D eigenvalue weighted by atomic mass is 9.73. The van der Waals surface area contributed by atoms with Crippen molar-refractivity contribution in [2.75, 3.05) is 0 Å². The van der Waals surface area contributed by atoms with Crippen LogP contribution < -0.4 is 0 Å². The average molecular weight is 325 g/mol. The van der Waals surface area contributed by atoms with Gasteiger partial charge in [0.1, 0.15) is 17.2 Å². The molecule has 6 heteroatoms. The lowest BCUT2D eigenvalue weighted by Crippen LogP contribution is -2.39. The minimum Gasteiger partial charge on any atom is -0.392 e. The van der Waals surface area contributed by atoms with E-state index >= 15 is 0 Å². The number of halogens is 1. The molecular formula is C16H21ClN2O3. The van der Waals surface area contributed by atoms with Crippen LogP contribution in [0.2, 0.25) is 5.15 Å². The predicted octanol–water partition coefficient (Wildman–Crippen LogP) is 2.19. The van der Waals surface area contributed by atoms with Gasteiger partial charge in [0, 0.05) is 24.4 Å². The van der Waals surface area contributed by atoms with Gasteiger partial charge >= 0.3 is 0 Å². The van der Waals surface area contributed by atoms with E-state index in [4.69, 9.17) is 11.6 Å². The van der Waals surface area contributed by atoms with Crippen molar-refractivity contribution < 1.29 is 14.7 Å². The van der Waals surface area contributed by atoms with Gasteiger partial charge in [0.2, 0.25) is 0 Å². The summed E-state index contributed by atoms with van der Waals surface area (Å²) in [7, 11) is 1.74. The summed E-state index contributed by atoms with van der Waals surface area (Å²) in [5.74, 6) is -1.63. The topological polar surface area (TPSA) is 72.2 Å². The Balaban J connectivity index is 2.45. The maximum atomic E-state index is 12.3. The van der Waals surface area contributed by atoms with Crippen molar-refractivity contribution in [3.8, 4) is 0 Å². The van der Waals surface area contributed by atoms with Gasteiger partial charge in [-0.25, -0.2) is 0 Å². The molecule has 22 heavy (non-hydrogen) atoms. The first-order valence-electron chi connectivity index (χ1n) is 7.35. The van der Waals surface area contributed by atoms with E-state index in [1.165, 1.54) is 0 Å². The summed E-state index contributed by atoms with van der Waals surface area (Å²) >= 11 is 6.26. The second-order valence-electron chi connectivity index (χ2n) is 6.13. The summed E-state index contributed by atoms with van der Waals surface area (Å²) in [6, 6.07) is 0. The molecule has 1 N–H and O–H groups in total. The third-order valence-corrected chi connectivity index (χ3v) is 4.61. The maximum absolute atomic E-state index is 12.3. The van der Waals surface area contributed by atoms with Crippen molar-refractivity contribution in [1.29, 1.82) is 0 Å². The Morgan fingerprint density at radius 2 is 2.18 bits per heavy atom. The number of aliphatic hydroxyl groups is 1. The van der Waals surface area contributed by atoms with Crippen molar-refractivity contribution in [3.63, 3.8) is 0 Å². The molecule has 1 aromatic heterocycles. The number of hydrogen-bond acceptors (Lipinski definition) is 4. The van der Waals surface area contributed by atoms with E-state index in [1.807, 2.05) is 6.92 Å². The first kappa shape index (κ1) is 16.9. The van der Waals surface area contributed by atoms with Crippen molar-refractivity contribution in [3.05, 3.63) is 22.5 Å². The summed E-state index contributed by atoms with van der Waals surface area (Å²) < 4.78 is 1.56. The Kier molecular flexibility index (Phi) is 4.87. The number of aromatic nitrogens is 2. The Labute approximate surface area is 135 Å². The molecule has 1 aliphatic carbocycles. The number of carbonyl (C=O) groups excluding carboxylic acids is 2. The number of aryl methyl sites for hydroxylation is 2. The van der Waals surface area contributed by atoms with Gasteiger partial charge in [0.05, 0.1) is 17.7 Å². The highest BCUT2D eigenvalue weighted by atomic mass is 35.5. The molecule has 1 heterocycles. The van der Waals surface area contributed by atoms with Gasteiger partial charge in [0.15, 0.2) is 0 Å². The largest absolute Gasteiger partial charge is 0.392 e. The number of nitrogens with zero attached hydrogens (tertiary/aromatic N) is 2. The monoisotopic (exact) mass is 324 g/mol. The highest BCUT2D eigenvalue weighted by Crippen LogP contribution is 2.38. The van der Waals surface area contributed by atoms with E-state index < -0.39 is 17.9 Å². The number of aldehydes is 1. The van der Waals surface area contributed by atoms with Gasteiger partial charge in [-0.15, -0.1) is 0 Å². The molecule has 0 saturated carbocycles. The second kappa shape index (κ2) is 6.34. The molecule has 0 spiro atoms. The zero-order valence-electron chi connectivity index (χ0n) is 13.2. The van der Waals surface area contributed by atoms with Crippen LogP contribution in [0, 0.1) is 24.7 Å². The Bertz CT molecular complexity index is 634. The predicted molar refractivity (Wildman–Crippen MR) is 84.4 cm³/mol. The van der Waals surface area contributed by atoms with Gasteiger partial charge in [-0.1, -0.05) is 31.5 Å². The van der Waals surface area contributed by atoms with Crippen LogP contribution in [0.5, 0.6) is 0 Å². The lowest BCUT2D eigenvalue weighted by Gasteiger charge is -2.32. The first-order chi connectivity index (χ1) is 10.3. The zero-order valence-corrected chi connectivity index (χ0v) is 14.0. The third kappa shape index (κ3) is 2.88. The Hall–Kier alpha value is -1.46. The van der Waals surface area contributed by atoms with Crippen LogP contribution in [0.3, 0.4) is 0 Å². The van der Waals surface area contributed by atoms with E-state index in [2.05, 4.69) is 5.10 Å². The van der Waals surface area contributed by atoms with Crippen molar-refractivity contribution in [2.45, 2.75) is 33.3 Å². The van der Waals surface area contributed by atoms with Crippen LogP contribution in [0.4, 0.5) is 0 Å². The molecule has 1 aromatic rings. The minimum absolute atomic E-state index is 0.0890. The van der Waals surface area contributed by atoms with Crippen LogP contribution in [0.1, 0.15) is 31.5 Å². The molecule has 0 aliphatic heterocycles. The minimum atomic E-state index is -0.888. The van der Waals surface area contributed by atoms with Crippen LogP contribution in [-0.4, -0.2) is 33.1 Å². The maximum Gasteiger partial charge on any atom is 0.142 e. The van der Waals surface area contributed by atoms with Crippen LogP contribution >= 0.6 is 11.6 Å². The molecule has 0 saturated heterocycles. The van der Waals surface area contributed by atoms with Crippen LogP contribution in [0.25, 0.3) is 5.57 Å². The average Bonchev–Trinajstić information content (AvgIpc) is 2.70. The highest BCUT2D eigenvalue weighted by molar-refractivity contribution is 6.31. The summed E-state index contributed by atoms with van der Waals surface area (Å²) in [6.45, 7) is 5.38. The summed E-state index contributed by atoms with van der Waals surface area (Å²) in [5.41, 5.74) is 2.25. The fraction of sp³-hybridized carbons (Fsp3) is 0.562. The Morgan fingerprint density at radius 3 is 2.64 bits per heavy atom. The normalized spacial score (nSPS) is 25.2. The molecule has 2 rings (SSSR count). The molecule has 5 nitrogen and oxygen atoms in total. The van der Waals surface area contributed by atoms with Gasteiger partial charge in [-0.2, -0.15) is 5.10 Å². The lowest BCUT2D eigenvalue weighted by molar-refractivity contribution is -0.134. The number of ketones is 1. The van der Waals surface area contributed by atoms with Crippen molar-refractivity contribution >= 4 is 29.2 Å². The van der Waals surface area contributed by atoms with Gasteiger partial charge < -0.3 is 9.90 Å². The zero-order chi connectivity index (χ0) is 16.6. The summed E-state index contributed by atoms with van der Waals surface area (Å²) in [5, 5.41) is 15.1. The number of allylic oxidation sites excluding steroid dienone is 1. The van der Waals surface area contributed by atoms with Crippen LogP contribution in [-0.2, 0) is 16.6 Å². The van der Waals surface area contributed by atoms with Crippen molar-refractivity contribution in [2.24, 2.45) is 24.8 Å². The third-order valence-electron chi connectivity index (χ3n) is 4.18. The molecule has 0 amide bonds. The van der Waals surface area contributed by atoms with E-state index in [9.17, 15) is 14.7 Å². The number of carbonyl (C=O) groups is 2. The SMILES string of the molecule is Cc1nn(C)c(Cl)c1C1=CC(C=O)C(C(=O)C(C)C)C(O)C1. The van der Waals surface area contributed by atoms with Gasteiger partial charge in [-0.3, -0.25) is 9.48 Å². The van der Waals surface area contributed by atoms with Gasteiger partial charge in [0.25, 0.3) is 0 Å². The standard InChI is InChI=1S/C16H21ClN2O3/c1-8(2)15(22)14-11(7-20)5-10(6-12(14)21)13-9(3)18-19(4)16(13)17/h5,7-8,11-12,14,21H,6H2,1-4H3. The molecule has 0 bridgehead atoms. The van der Waals surface area contributed by atoms with E-state index in [0.29, 0.717) is 11.6 Å². The summed E-state index contributed by atoms with van der Waals surface area (Å²) in [4.78, 5) is 23.7. The molecule has 0 fully saturated rings. The van der Waals surface area contributed by atoms with E-state index in [0.717, 1.165) is 23.1 Å². The van der Waals surface area contributed by atoms with Crippen LogP contribution in [0.15, 0.2) is 6.08 Å². The van der Waals surface area contributed by atoms with E-state index in [-0.39, 0.29) is 11.7 Å². The fourth-order valence-electron chi connectivity index (χ4n) is 3.08. The highest BCUT2D eigenvalue weighted by Gasteiger charge is 2.39. The number of Topliss-reactive ketones (excluding diaryl/α,β-unsaturated/α-hetero) is 1. The van der Waals surface area contributed by atoms with Gasteiger partial charge in [-0.05, 0) is 18.9 Å². The Morgan fingerprint density at radius 1 is 1.55 bits per heavy atom. The molecule has 3 unspecified atom stereocenters. The number of aliphatic hydroxyl groups excluding tert-OH is 1. The first-order valence-corrected chi connectivity index (χ1v) is 7.73. The smallest absolute Gasteiger partial charge is 0.142 e. The molecule has 120 valence electrons.